The highest BCUT2D eigenvalue weighted by atomic mass is 16.5. The summed E-state index contributed by atoms with van der Waals surface area (Å²) in [5.74, 6) is 14.0. The molecule has 0 spiro atoms. The van der Waals surface area contributed by atoms with Crippen molar-refractivity contribution in [2.45, 2.75) is 51.1 Å². The smallest absolute Gasteiger partial charge is 0.353 e. The van der Waals surface area contributed by atoms with Gasteiger partial charge < -0.3 is 4.74 Å². The quantitative estimate of drug-likeness (QED) is 0.270. The number of carbonyl (C=O) groups is 1. The number of hydrogen-bond donors (Lipinski definition) is 2. The van der Waals surface area contributed by atoms with Crippen LogP contribution in [0.15, 0.2) is 54.7 Å². The first-order valence-corrected chi connectivity index (χ1v) is 14.0. The number of hydrazine groups is 2. The molecule has 2 saturated carbocycles. The maximum absolute atomic E-state index is 13.3. The number of fused-ring (bicyclic) bond motifs is 1. The second-order valence-corrected chi connectivity index (χ2v) is 11.1. The number of amides is 2. The van der Waals surface area contributed by atoms with E-state index in [0.29, 0.717) is 11.6 Å². The van der Waals surface area contributed by atoms with E-state index in [4.69, 9.17) is 21.4 Å². The second-order valence-electron chi connectivity index (χ2n) is 11.1. The van der Waals surface area contributed by atoms with Crippen LogP contribution in [0.3, 0.4) is 0 Å². The average molecular weight is 515 g/mol. The lowest BCUT2D eigenvalue weighted by Crippen LogP contribution is -2.52. The van der Waals surface area contributed by atoms with Gasteiger partial charge >= 0.3 is 6.03 Å². The number of benzene rings is 2. The van der Waals surface area contributed by atoms with Crippen molar-refractivity contribution >= 4 is 22.5 Å². The largest absolute Gasteiger partial charge is 0.379 e. The predicted octanol–water partition coefficient (Wildman–Crippen LogP) is 4.68. The first kappa shape index (κ1) is 25.2. The Bertz CT molecular complexity index is 1270. The number of ether oxygens (including phenoxy) is 1. The van der Waals surface area contributed by atoms with Gasteiger partial charge in [-0.1, -0.05) is 62.1 Å². The highest BCUT2D eigenvalue weighted by Gasteiger charge is 2.45. The first-order chi connectivity index (χ1) is 18.6. The highest BCUT2D eigenvalue weighted by molar-refractivity contribution is 6.07. The van der Waals surface area contributed by atoms with Crippen molar-refractivity contribution in [3.63, 3.8) is 0 Å². The van der Waals surface area contributed by atoms with E-state index >= 15 is 0 Å². The van der Waals surface area contributed by atoms with Crippen molar-refractivity contribution in [2.75, 3.05) is 31.3 Å². The molecule has 3 fully saturated rings. The van der Waals surface area contributed by atoms with E-state index in [0.717, 1.165) is 72.8 Å². The number of nitrogens with zero attached hydrogens (tertiary/aromatic N) is 4. The van der Waals surface area contributed by atoms with Crippen LogP contribution in [-0.2, 0) is 11.3 Å². The van der Waals surface area contributed by atoms with E-state index in [-0.39, 0.29) is 12.1 Å². The maximum Gasteiger partial charge on any atom is 0.353 e. The molecule has 2 heterocycles. The van der Waals surface area contributed by atoms with Crippen LogP contribution in [0.25, 0.3) is 21.9 Å². The molecule has 2 aromatic carbocycles. The second kappa shape index (κ2) is 11.0. The van der Waals surface area contributed by atoms with Crippen molar-refractivity contribution in [3.05, 3.63) is 60.4 Å². The van der Waals surface area contributed by atoms with E-state index in [1.54, 1.807) is 0 Å². The van der Waals surface area contributed by atoms with Gasteiger partial charge in [0.25, 0.3) is 0 Å². The Balaban J connectivity index is 1.18. The van der Waals surface area contributed by atoms with Gasteiger partial charge in [-0.15, -0.1) is 0 Å². The Morgan fingerprint density at radius 1 is 1.00 bits per heavy atom. The van der Waals surface area contributed by atoms with Gasteiger partial charge in [0.2, 0.25) is 0 Å². The van der Waals surface area contributed by atoms with Crippen LogP contribution in [0.1, 0.15) is 44.2 Å². The van der Waals surface area contributed by atoms with Gasteiger partial charge in [0.05, 0.1) is 30.6 Å². The van der Waals surface area contributed by atoms with Crippen LogP contribution in [0.5, 0.6) is 0 Å². The zero-order valence-electron chi connectivity index (χ0n) is 22.0. The number of urea groups is 1. The molecular weight excluding hydrogens is 476 g/mol. The van der Waals surface area contributed by atoms with Gasteiger partial charge in [-0.25, -0.2) is 21.5 Å². The zero-order valence-corrected chi connectivity index (χ0v) is 22.0. The third kappa shape index (κ3) is 5.27. The normalized spacial score (nSPS) is 22.1. The summed E-state index contributed by atoms with van der Waals surface area (Å²) in [6.07, 6.45) is 9.38. The fraction of sp³-hybridized carbons (Fsp3) is 0.467. The fourth-order valence-corrected chi connectivity index (χ4v) is 6.28. The van der Waals surface area contributed by atoms with Crippen molar-refractivity contribution in [1.29, 1.82) is 0 Å². The number of pyridine rings is 1. The summed E-state index contributed by atoms with van der Waals surface area (Å²) in [5, 5.41) is 4.50. The molecule has 1 aliphatic heterocycles. The third-order valence-corrected chi connectivity index (χ3v) is 8.57. The van der Waals surface area contributed by atoms with Gasteiger partial charge in [0.15, 0.2) is 0 Å². The van der Waals surface area contributed by atoms with Crippen LogP contribution in [-0.4, -0.2) is 53.3 Å². The number of aromatic nitrogens is 1. The van der Waals surface area contributed by atoms with E-state index in [9.17, 15) is 4.79 Å². The molecule has 0 bridgehead atoms. The summed E-state index contributed by atoms with van der Waals surface area (Å²) in [7, 11) is 0. The molecule has 2 unspecified atom stereocenters. The Morgan fingerprint density at radius 3 is 2.50 bits per heavy atom. The molecule has 0 radical (unpaired) electrons. The topological polar surface area (TPSA) is 101 Å². The van der Waals surface area contributed by atoms with Crippen LogP contribution < -0.4 is 16.7 Å². The molecule has 200 valence electrons. The Labute approximate surface area is 224 Å². The van der Waals surface area contributed by atoms with Crippen molar-refractivity contribution in [1.82, 2.24) is 14.9 Å². The highest BCUT2D eigenvalue weighted by Crippen LogP contribution is 2.43. The number of nitrogens with two attached hydrogens (primary N) is 2. The molecule has 6 rings (SSSR count). The molecule has 38 heavy (non-hydrogen) atoms. The Morgan fingerprint density at radius 2 is 1.76 bits per heavy atom. The summed E-state index contributed by atoms with van der Waals surface area (Å²) in [4.78, 5) is 20.4. The number of anilines is 1. The maximum atomic E-state index is 13.3. The van der Waals surface area contributed by atoms with E-state index < -0.39 is 0 Å². The minimum Gasteiger partial charge on any atom is -0.379 e. The predicted molar refractivity (Wildman–Crippen MR) is 150 cm³/mol. The van der Waals surface area contributed by atoms with E-state index in [1.165, 1.54) is 42.1 Å². The molecule has 1 saturated heterocycles. The van der Waals surface area contributed by atoms with Gasteiger partial charge in [0.1, 0.15) is 0 Å². The average Bonchev–Trinajstić information content (AvgIpc) is 3.53. The SMILES string of the molecule is NN(C(=O)N(N)C1CC1CC1CCCC1)c1ccc(-c2ccc(CN3CCOCC3)nc2)c2ccccc12. The lowest BCUT2D eigenvalue weighted by Gasteiger charge is -2.26. The molecule has 8 nitrogen and oxygen atoms in total. The standard InChI is InChI=1S/C30H38N6O2/c31-35(30(37)36(32)29-18-23(29)17-21-5-1-2-6-21)28-12-11-25(26-7-3-4-8-27(26)28)22-9-10-24(33-19-22)20-34-13-15-38-16-14-34/h3-4,7-12,19,21,23,29H,1-2,5-6,13-18,20,31-32H2. The van der Waals surface area contributed by atoms with Crippen LogP contribution in [0.4, 0.5) is 10.5 Å². The monoisotopic (exact) mass is 514 g/mol. The fourth-order valence-electron chi connectivity index (χ4n) is 6.28. The number of carbonyl (C=O) groups excluding carboxylic acids is 1. The molecular formula is C30H38N6O2. The Kier molecular flexibility index (Phi) is 7.30. The van der Waals surface area contributed by atoms with Crippen molar-refractivity contribution in [3.8, 4) is 11.1 Å². The summed E-state index contributed by atoms with van der Waals surface area (Å²) in [6.45, 7) is 4.26. The van der Waals surface area contributed by atoms with Crippen molar-refractivity contribution < 1.29 is 9.53 Å². The summed E-state index contributed by atoms with van der Waals surface area (Å²) in [6, 6.07) is 15.9. The number of morpholine rings is 1. The van der Waals surface area contributed by atoms with Gasteiger partial charge in [-0.3, -0.25) is 14.9 Å². The van der Waals surface area contributed by atoms with E-state index in [1.807, 2.05) is 36.5 Å². The summed E-state index contributed by atoms with van der Waals surface area (Å²) in [5.41, 5.74) is 3.78. The zero-order chi connectivity index (χ0) is 26.1. The minimum atomic E-state index is -0.365. The van der Waals surface area contributed by atoms with Crippen molar-refractivity contribution in [2.24, 2.45) is 23.5 Å². The lowest BCUT2D eigenvalue weighted by atomic mass is 9.98. The summed E-state index contributed by atoms with van der Waals surface area (Å²) < 4.78 is 5.45. The molecule has 2 aliphatic carbocycles. The van der Waals surface area contributed by atoms with Gasteiger partial charge in [-0.2, -0.15) is 0 Å². The Hall–Kier alpha value is -3.04. The minimum absolute atomic E-state index is 0.0849. The molecule has 4 N–H and O–H groups in total. The molecule has 3 aliphatic rings. The molecule has 1 aromatic heterocycles. The molecule has 3 aromatic rings. The van der Waals surface area contributed by atoms with Gasteiger partial charge in [-0.05, 0) is 47.8 Å². The molecule has 2 amide bonds. The first-order valence-electron chi connectivity index (χ1n) is 14.0. The number of hydrogen-bond acceptors (Lipinski definition) is 6. The van der Waals surface area contributed by atoms with E-state index in [2.05, 4.69) is 23.1 Å². The molecule has 8 heteroatoms. The lowest BCUT2D eigenvalue weighted by molar-refractivity contribution is 0.0336. The van der Waals surface area contributed by atoms with Crippen LogP contribution in [0.2, 0.25) is 0 Å². The molecule has 2 atom stereocenters. The van der Waals surface area contributed by atoms with Crippen LogP contribution in [0, 0.1) is 11.8 Å². The number of rotatable bonds is 7. The third-order valence-electron chi connectivity index (χ3n) is 8.57. The van der Waals surface area contributed by atoms with Gasteiger partial charge in [0, 0.05) is 36.8 Å². The van der Waals surface area contributed by atoms with Crippen LogP contribution >= 0.6 is 0 Å². The summed E-state index contributed by atoms with van der Waals surface area (Å²) >= 11 is 0.